The summed E-state index contributed by atoms with van der Waals surface area (Å²) in [7, 11) is 0. The summed E-state index contributed by atoms with van der Waals surface area (Å²) in [5.74, 6) is -0.252. The van der Waals surface area contributed by atoms with Crippen LogP contribution in [-0.4, -0.2) is 48.0 Å². The minimum Gasteiger partial charge on any atom is -0.376 e. The largest absolute Gasteiger partial charge is 0.376 e. The highest BCUT2D eigenvalue weighted by molar-refractivity contribution is 8.15. The Kier molecular flexibility index (Phi) is 6.47. The zero-order valence-corrected chi connectivity index (χ0v) is 14.9. The molecule has 25 heavy (non-hydrogen) atoms. The molecule has 2 heterocycles. The van der Waals surface area contributed by atoms with Crippen LogP contribution in [0.1, 0.15) is 24.8 Å². The first-order valence-electron chi connectivity index (χ1n) is 8.65. The molecule has 0 bridgehead atoms. The van der Waals surface area contributed by atoms with Crippen LogP contribution in [0, 0.1) is 0 Å². The van der Waals surface area contributed by atoms with E-state index in [9.17, 15) is 9.59 Å². The molecule has 2 N–H and O–H groups in total. The van der Waals surface area contributed by atoms with Gasteiger partial charge in [0, 0.05) is 19.6 Å². The summed E-state index contributed by atoms with van der Waals surface area (Å²) in [4.78, 5) is 28.4. The van der Waals surface area contributed by atoms with Crippen molar-refractivity contribution in [3.63, 3.8) is 0 Å². The van der Waals surface area contributed by atoms with Gasteiger partial charge in [-0.3, -0.25) is 14.6 Å². The fourth-order valence-corrected chi connectivity index (χ4v) is 3.80. The Morgan fingerprint density at radius 1 is 1.36 bits per heavy atom. The molecular weight excluding hydrogens is 338 g/mol. The van der Waals surface area contributed by atoms with Crippen LogP contribution in [0.2, 0.25) is 0 Å². The molecule has 0 saturated carbocycles. The van der Waals surface area contributed by atoms with Gasteiger partial charge in [-0.25, -0.2) is 0 Å². The van der Waals surface area contributed by atoms with E-state index in [1.807, 2.05) is 30.3 Å². The van der Waals surface area contributed by atoms with Crippen molar-refractivity contribution in [2.24, 2.45) is 4.99 Å². The number of amidine groups is 1. The number of hydrogen-bond acceptors (Lipinski definition) is 5. The number of carbonyl (C=O) groups excluding carboxylic acids is 2. The van der Waals surface area contributed by atoms with Crippen LogP contribution in [0.4, 0.5) is 0 Å². The Morgan fingerprint density at radius 3 is 2.96 bits per heavy atom. The zero-order valence-electron chi connectivity index (χ0n) is 14.1. The second-order valence-corrected chi connectivity index (χ2v) is 7.36. The van der Waals surface area contributed by atoms with E-state index >= 15 is 0 Å². The molecule has 0 spiro atoms. The predicted octanol–water partition coefficient (Wildman–Crippen LogP) is 1.50. The molecule has 0 aliphatic carbocycles. The van der Waals surface area contributed by atoms with Gasteiger partial charge < -0.3 is 15.4 Å². The summed E-state index contributed by atoms with van der Waals surface area (Å²) in [6, 6.07) is 9.99. The number of hydrogen-bond donors (Lipinski definition) is 2. The maximum atomic E-state index is 12.0. The highest BCUT2D eigenvalue weighted by Gasteiger charge is 2.32. The molecule has 7 heteroatoms. The van der Waals surface area contributed by atoms with Crippen molar-refractivity contribution in [2.75, 3.05) is 19.7 Å². The summed E-state index contributed by atoms with van der Waals surface area (Å²) >= 11 is 1.33. The number of amides is 2. The van der Waals surface area contributed by atoms with E-state index in [1.54, 1.807) is 0 Å². The standard InChI is InChI=1S/C18H23N3O3S/c22-16(19-9-8-13-5-2-1-3-6-13)11-15-17(23)21-18(25-15)20-12-14-7-4-10-24-14/h1-3,5-6,14-15H,4,7-12H2,(H,19,22)(H,20,21,23). The van der Waals surface area contributed by atoms with E-state index in [0.29, 0.717) is 18.3 Å². The quantitative estimate of drug-likeness (QED) is 0.771. The summed E-state index contributed by atoms with van der Waals surface area (Å²) in [5.41, 5.74) is 1.18. The van der Waals surface area contributed by atoms with Crippen molar-refractivity contribution in [1.29, 1.82) is 0 Å². The van der Waals surface area contributed by atoms with Crippen LogP contribution in [0.3, 0.4) is 0 Å². The van der Waals surface area contributed by atoms with E-state index in [-0.39, 0.29) is 24.3 Å². The number of thioether (sulfide) groups is 1. The van der Waals surface area contributed by atoms with E-state index in [0.717, 1.165) is 25.9 Å². The number of benzene rings is 1. The topological polar surface area (TPSA) is 79.8 Å². The first-order chi connectivity index (χ1) is 12.2. The molecular formula is C18H23N3O3S. The molecule has 2 aliphatic heterocycles. The van der Waals surface area contributed by atoms with Crippen LogP contribution in [-0.2, 0) is 20.7 Å². The Labute approximate surface area is 151 Å². The molecule has 1 aromatic rings. The second-order valence-electron chi connectivity index (χ2n) is 6.17. The lowest BCUT2D eigenvalue weighted by Crippen LogP contribution is -2.32. The lowest BCUT2D eigenvalue weighted by Gasteiger charge is -2.07. The van der Waals surface area contributed by atoms with E-state index in [4.69, 9.17) is 4.74 Å². The van der Waals surface area contributed by atoms with Crippen molar-refractivity contribution in [3.05, 3.63) is 35.9 Å². The van der Waals surface area contributed by atoms with Crippen LogP contribution < -0.4 is 10.6 Å². The van der Waals surface area contributed by atoms with Crippen LogP contribution in [0.25, 0.3) is 0 Å². The molecule has 0 radical (unpaired) electrons. The van der Waals surface area contributed by atoms with Gasteiger partial charge in [-0.2, -0.15) is 0 Å². The van der Waals surface area contributed by atoms with Crippen LogP contribution >= 0.6 is 11.8 Å². The number of nitrogens with one attached hydrogen (secondary N) is 2. The Bertz CT molecular complexity index is 630. The normalized spacial score (nSPS) is 24.5. The summed E-state index contributed by atoms with van der Waals surface area (Å²) in [6.07, 6.45) is 3.20. The molecule has 3 rings (SSSR count). The molecule has 1 aromatic carbocycles. The molecule has 2 saturated heterocycles. The van der Waals surface area contributed by atoms with Crippen LogP contribution in [0.5, 0.6) is 0 Å². The third-order valence-corrected chi connectivity index (χ3v) is 5.31. The predicted molar refractivity (Wildman–Crippen MR) is 98.6 cm³/mol. The van der Waals surface area contributed by atoms with Gasteiger partial charge in [0.2, 0.25) is 11.8 Å². The number of nitrogens with zero attached hydrogens (tertiary/aromatic N) is 1. The SMILES string of the molecule is O=C(CC1SC(=NCC2CCCO2)NC1=O)NCCc1ccccc1. The highest BCUT2D eigenvalue weighted by atomic mass is 32.2. The van der Waals surface area contributed by atoms with Gasteiger partial charge in [-0.05, 0) is 24.8 Å². The third kappa shape index (κ3) is 5.57. The molecule has 0 aromatic heterocycles. The molecule has 2 fully saturated rings. The lowest BCUT2D eigenvalue weighted by atomic mass is 10.1. The van der Waals surface area contributed by atoms with Gasteiger partial charge in [0.15, 0.2) is 5.17 Å². The minimum absolute atomic E-state index is 0.107. The molecule has 6 nitrogen and oxygen atoms in total. The fraction of sp³-hybridized carbons (Fsp3) is 0.500. The maximum absolute atomic E-state index is 12.0. The molecule has 2 atom stereocenters. The van der Waals surface area contributed by atoms with Gasteiger partial charge in [0.1, 0.15) is 5.25 Å². The Hall–Kier alpha value is -1.86. The van der Waals surface area contributed by atoms with E-state index in [1.165, 1.54) is 17.3 Å². The van der Waals surface area contributed by atoms with E-state index < -0.39 is 5.25 Å². The summed E-state index contributed by atoms with van der Waals surface area (Å²) < 4.78 is 5.52. The highest BCUT2D eigenvalue weighted by Crippen LogP contribution is 2.23. The number of aliphatic imine (C=N–C) groups is 1. The molecule has 2 aliphatic rings. The lowest BCUT2D eigenvalue weighted by molar-refractivity contribution is -0.125. The van der Waals surface area contributed by atoms with Crippen molar-refractivity contribution in [1.82, 2.24) is 10.6 Å². The van der Waals surface area contributed by atoms with Crippen LogP contribution in [0.15, 0.2) is 35.3 Å². The maximum Gasteiger partial charge on any atom is 0.240 e. The summed E-state index contributed by atoms with van der Waals surface area (Å²) in [5, 5.41) is 5.83. The molecule has 134 valence electrons. The van der Waals surface area contributed by atoms with Crippen molar-refractivity contribution in [2.45, 2.75) is 37.0 Å². The molecule has 2 amide bonds. The number of rotatable bonds is 7. The first kappa shape index (κ1) is 17.9. The van der Waals surface area contributed by atoms with Gasteiger partial charge in [0.05, 0.1) is 12.6 Å². The molecule has 2 unspecified atom stereocenters. The van der Waals surface area contributed by atoms with Gasteiger partial charge >= 0.3 is 0 Å². The Balaban J connectivity index is 1.39. The van der Waals surface area contributed by atoms with Gasteiger partial charge in [-0.1, -0.05) is 42.1 Å². The van der Waals surface area contributed by atoms with Gasteiger partial charge in [-0.15, -0.1) is 0 Å². The average molecular weight is 361 g/mol. The third-order valence-electron chi connectivity index (χ3n) is 4.19. The second kappa shape index (κ2) is 9.01. The number of carbonyl (C=O) groups is 2. The van der Waals surface area contributed by atoms with Crippen molar-refractivity contribution < 1.29 is 14.3 Å². The fourth-order valence-electron chi connectivity index (χ4n) is 2.82. The first-order valence-corrected chi connectivity index (χ1v) is 9.53. The summed E-state index contributed by atoms with van der Waals surface area (Å²) in [6.45, 7) is 1.93. The number of ether oxygens (including phenoxy) is 1. The monoisotopic (exact) mass is 361 g/mol. The van der Waals surface area contributed by atoms with Crippen molar-refractivity contribution >= 4 is 28.7 Å². The Morgan fingerprint density at radius 2 is 2.20 bits per heavy atom. The van der Waals surface area contributed by atoms with Crippen molar-refractivity contribution in [3.8, 4) is 0 Å². The van der Waals surface area contributed by atoms with Gasteiger partial charge in [0.25, 0.3) is 0 Å². The smallest absolute Gasteiger partial charge is 0.240 e. The van der Waals surface area contributed by atoms with E-state index in [2.05, 4.69) is 15.6 Å². The zero-order chi connectivity index (χ0) is 17.5. The minimum atomic E-state index is -0.403. The average Bonchev–Trinajstić information content (AvgIpc) is 3.24.